The third-order valence-electron chi connectivity index (χ3n) is 7.87. The van der Waals surface area contributed by atoms with Crippen LogP contribution in [0.3, 0.4) is 0 Å². The van der Waals surface area contributed by atoms with E-state index in [2.05, 4.69) is 9.67 Å². The Balaban J connectivity index is 1.38. The van der Waals surface area contributed by atoms with Crippen molar-refractivity contribution in [3.8, 4) is 0 Å². The maximum Gasteiger partial charge on any atom is 0.139 e. The van der Waals surface area contributed by atoms with E-state index in [0.29, 0.717) is 5.92 Å². The van der Waals surface area contributed by atoms with Crippen LogP contribution >= 0.6 is 23.2 Å². The van der Waals surface area contributed by atoms with Crippen molar-refractivity contribution < 1.29 is 0 Å². The average Bonchev–Trinajstić information content (AvgIpc) is 3.04. The summed E-state index contributed by atoms with van der Waals surface area (Å²) in [6.45, 7) is 0.920. The van der Waals surface area contributed by atoms with Crippen molar-refractivity contribution in [2.24, 2.45) is 17.8 Å². The van der Waals surface area contributed by atoms with Crippen molar-refractivity contribution in [3.63, 3.8) is 0 Å². The van der Waals surface area contributed by atoms with E-state index < -0.39 is 0 Å². The van der Waals surface area contributed by atoms with Crippen LogP contribution in [-0.4, -0.2) is 14.8 Å². The molecule has 4 fully saturated rings. The van der Waals surface area contributed by atoms with Crippen LogP contribution in [0.4, 0.5) is 0 Å². The van der Waals surface area contributed by atoms with Crippen LogP contribution in [0, 0.1) is 17.8 Å². The van der Waals surface area contributed by atoms with Crippen LogP contribution in [-0.2, 0) is 18.4 Å². The first-order valence-corrected chi connectivity index (χ1v) is 11.2. The molecule has 1 aromatic carbocycles. The van der Waals surface area contributed by atoms with E-state index in [0.717, 1.165) is 52.7 Å². The lowest BCUT2D eigenvalue weighted by atomic mass is 9.49. The van der Waals surface area contributed by atoms with Crippen molar-refractivity contribution in [3.05, 3.63) is 45.5 Å². The van der Waals surface area contributed by atoms with Gasteiger partial charge in [0.15, 0.2) is 0 Å². The van der Waals surface area contributed by atoms with Gasteiger partial charge in [0.1, 0.15) is 11.6 Å². The Kier molecular flexibility index (Phi) is 3.73. The van der Waals surface area contributed by atoms with Gasteiger partial charge in [-0.3, -0.25) is 0 Å². The maximum absolute atomic E-state index is 6.54. The molecule has 2 aromatic rings. The van der Waals surface area contributed by atoms with Gasteiger partial charge in [-0.2, -0.15) is 0 Å². The van der Waals surface area contributed by atoms with Gasteiger partial charge in [0.2, 0.25) is 0 Å². The summed E-state index contributed by atoms with van der Waals surface area (Å²) in [6.07, 6.45) is 10.4. The van der Waals surface area contributed by atoms with Crippen molar-refractivity contribution in [1.29, 1.82) is 0 Å². The van der Waals surface area contributed by atoms with E-state index in [9.17, 15) is 0 Å². The van der Waals surface area contributed by atoms with Crippen molar-refractivity contribution in [2.75, 3.05) is 0 Å². The Morgan fingerprint density at radius 3 is 2.19 bits per heavy atom. The lowest BCUT2D eigenvalue weighted by Crippen LogP contribution is -2.50. The van der Waals surface area contributed by atoms with Gasteiger partial charge >= 0.3 is 0 Å². The van der Waals surface area contributed by atoms with Gasteiger partial charge in [-0.25, -0.2) is 0 Å². The summed E-state index contributed by atoms with van der Waals surface area (Å²) in [4.78, 5) is 0. The minimum atomic E-state index is 0.284. The van der Waals surface area contributed by atoms with Crippen LogP contribution in [0.25, 0.3) is 0 Å². The zero-order valence-corrected chi connectivity index (χ0v) is 17.0. The minimum Gasteiger partial charge on any atom is -0.314 e. The van der Waals surface area contributed by atoms with E-state index in [-0.39, 0.29) is 5.41 Å². The van der Waals surface area contributed by atoms with Crippen molar-refractivity contribution in [2.45, 2.75) is 69.2 Å². The first-order chi connectivity index (χ1) is 13.1. The number of hydrogen-bond donors (Lipinski definition) is 0. The molecule has 1 unspecified atom stereocenters. The van der Waals surface area contributed by atoms with E-state index >= 15 is 0 Å². The quantitative estimate of drug-likeness (QED) is 0.637. The van der Waals surface area contributed by atoms with E-state index in [1.807, 2.05) is 18.2 Å². The molecule has 1 aliphatic heterocycles. The summed E-state index contributed by atoms with van der Waals surface area (Å²) in [7, 11) is 0. The normalized spacial score (nSPS) is 36.8. The second-order valence-corrected chi connectivity index (χ2v) is 10.4. The topological polar surface area (TPSA) is 30.7 Å². The zero-order valence-electron chi connectivity index (χ0n) is 15.5. The SMILES string of the molecule is Clc1cccc(Cl)c1C1CCc2nnc(C34CC5CC(CC(C5)C3)C4)n2C1. The first-order valence-electron chi connectivity index (χ1n) is 10.5. The van der Waals surface area contributed by atoms with Crippen LogP contribution in [0.5, 0.6) is 0 Å². The molecule has 2 heterocycles. The molecule has 3 nitrogen and oxygen atoms in total. The Morgan fingerprint density at radius 1 is 0.926 bits per heavy atom. The standard InChI is InChI=1S/C22H25Cl2N3/c23-17-2-1-3-18(24)20(17)16-4-5-19-25-26-21(27(19)12-16)22-9-13-6-14(10-22)8-15(7-13)11-22/h1-3,13-16H,4-12H2. The summed E-state index contributed by atoms with van der Waals surface area (Å²) >= 11 is 13.1. The summed E-state index contributed by atoms with van der Waals surface area (Å²) < 4.78 is 2.46. The molecule has 0 N–H and O–H groups in total. The van der Waals surface area contributed by atoms with Crippen molar-refractivity contribution >= 4 is 23.2 Å². The largest absolute Gasteiger partial charge is 0.314 e. The number of hydrogen-bond acceptors (Lipinski definition) is 2. The van der Waals surface area contributed by atoms with Crippen LogP contribution in [0.2, 0.25) is 10.0 Å². The minimum absolute atomic E-state index is 0.284. The maximum atomic E-state index is 6.54. The molecule has 4 bridgehead atoms. The number of nitrogens with zero attached hydrogens (tertiary/aromatic N) is 3. The molecular weight excluding hydrogens is 377 g/mol. The van der Waals surface area contributed by atoms with Gasteiger partial charge in [-0.15, -0.1) is 10.2 Å². The predicted octanol–water partition coefficient (Wildman–Crippen LogP) is 5.78. The Morgan fingerprint density at radius 2 is 1.56 bits per heavy atom. The molecule has 5 heteroatoms. The number of aryl methyl sites for hydroxylation is 1. The van der Waals surface area contributed by atoms with E-state index in [1.54, 1.807) is 0 Å². The Labute approximate surface area is 170 Å². The molecular formula is C22H25Cl2N3. The predicted molar refractivity (Wildman–Crippen MR) is 107 cm³/mol. The molecule has 0 saturated heterocycles. The molecule has 0 radical (unpaired) electrons. The third-order valence-corrected chi connectivity index (χ3v) is 8.53. The number of fused-ring (bicyclic) bond motifs is 1. The van der Waals surface area contributed by atoms with Gasteiger partial charge in [-0.1, -0.05) is 29.3 Å². The number of rotatable bonds is 2. The molecule has 7 rings (SSSR count). The summed E-state index contributed by atoms with van der Waals surface area (Å²) in [6, 6.07) is 5.86. The fourth-order valence-electron chi connectivity index (χ4n) is 7.24. The number of aromatic nitrogens is 3. The van der Waals surface area contributed by atoms with Crippen molar-refractivity contribution in [1.82, 2.24) is 14.8 Å². The van der Waals surface area contributed by atoms with Crippen LogP contribution in [0.1, 0.15) is 68.1 Å². The molecule has 1 aromatic heterocycles. The Bertz CT molecular complexity index is 847. The third kappa shape index (κ3) is 2.54. The monoisotopic (exact) mass is 401 g/mol. The van der Waals surface area contributed by atoms with Gasteiger partial charge in [0.25, 0.3) is 0 Å². The lowest BCUT2D eigenvalue weighted by Gasteiger charge is -2.56. The van der Waals surface area contributed by atoms with Gasteiger partial charge in [0.05, 0.1) is 0 Å². The molecule has 5 aliphatic rings. The highest BCUT2D eigenvalue weighted by molar-refractivity contribution is 6.36. The molecule has 4 saturated carbocycles. The summed E-state index contributed by atoms with van der Waals surface area (Å²) in [5, 5.41) is 11.0. The van der Waals surface area contributed by atoms with Gasteiger partial charge in [-0.05, 0) is 80.4 Å². The number of halogens is 2. The molecule has 4 aliphatic carbocycles. The fourth-order valence-corrected chi connectivity index (χ4v) is 7.95. The molecule has 142 valence electrons. The Hall–Kier alpha value is -1.06. The van der Waals surface area contributed by atoms with Crippen LogP contribution < -0.4 is 0 Å². The second kappa shape index (κ2) is 5.97. The smallest absolute Gasteiger partial charge is 0.139 e. The molecule has 1 atom stereocenters. The molecule has 27 heavy (non-hydrogen) atoms. The number of benzene rings is 1. The summed E-state index contributed by atoms with van der Waals surface area (Å²) in [5.74, 6) is 5.55. The molecule has 0 amide bonds. The first kappa shape index (κ1) is 16.9. The second-order valence-electron chi connectivity index (χ2n) is 9.62. The highest BCUT2D eigenvalue weighted by atomic mass is 35.5. The fraction of sp³-hybridized carbons (Fsp3) is 0.636. The highest BCUT2D eigenvalue weighted by Crippen LogP contribution is 2.60. The van der Waals surface area contributed by atoms with Crippen LogP contribution in [0.15, 0.2) is 18.2 Å². The van der Waals surface area contributed by atoms with Gasteiger partial charge in [0, 0.05) is 34.3 Å². The zero-order chi connectivity index (χ0) is 18.2. The highest BCUT2D eigenvalue weighted by Gasteiger charge is 2.54. The van der Waals surface area contributed by atoms with E-state index in [1.165, 1.54) is 50.2 Å². The van der Waals surface area contributed by atoms with Gasteiger partial charge < -0.3 is 4.57 Å². The lowest BCUT2D eigenvalue weighted by molar-refractivity contribution is -0.0115. The molecule has 0 spiro atoms. The average molecular weight is 402 g/mol. The van der Waals surface area contributed by atoms with E-state index in [4.69, 9.17) is 28.3 Å². The summed E-state index contributed by atoms with van der Waals surface area (Å²) in [5.41, 5.74) is 1.39.